The molecule has 1 aliphatic rings. The van der Waals surface area contributed by atoms with E-state index in [9.17, 15) is 0 Å². The highest BCUT2D eigenvalue weighted by Crippen LogP contribution is 2.20. The molecule has 5 aromatic rings. The van der Waals surface area contributed by atoms with E-state index in [4.69, 9.17) is 9.72 Å². The van der Waals surface area contributed by atoms with E-state index in [0.29, 0.717) is 6.54 Å². The number of rotatable bonds is 6. The first kappa shape index (κ1) is 21.7. The van der Waals surface area contributed by atoms with Gasteiger partial charge < -0.3 is 13.7 Å². The molecular formula is C26H28N8O. The average Bonchev–Trinajstić information content (AvgIpc) is 3.59. The second kappa shape index (κ2) is 9.09. The van der Waals surface area contributed by atoms with Gasteiger partial charge in [0.2, 0.25) is 0 Å². The number of nitrogens with zero attached hydrogens (tertiary/aromatic N) is 8. The molecule has 0 aliphatic carbocycles. The molecule has 0 unspecified atom stereocenters. The quantitative estimate of drug-likeness (QED) is 0.380. The molecule has 9 heteroatoms. The van der Waals surface area contributed by atoms with Gasteiger partial charge in [-0.3, -0.25) is 9.88 Å². The molecular weight excluding hydrogens is 440 g/mol. The zero-order valence-corrected chi connectivity index (χ0v) is 19.9. The van der Waals surface area contributed by atoms with Crippen LogP contribution in [0.3, 0.4) is 0 Å². The fourth-order valence-electron chi connectivity index (χ4n) is 4.82. The summed E-state index contributed by atoms with van der Waals surface area (Å²) in [5, 5.41) is 8.69. The van der Waals surface area contributed by atoms with Crippen molar-refractivity contribution in [1.82, 2.24) is 38.8 Å². The highest BCUT2D eigenvalue weighted by Gasteiger charge is 2.22. The van der Waals surface area contributed by atoms with Crippen molar-refractivity contribution in [2.75, 3.05) is 13.1 Å². The summed E-state index contributed by atoms with van der Waals surface area (Å²) in [7, 11) is 0. The molecule has 0 N–H and O–H groups in total. The molecule has 0 amide bonds. The fraction of sp³-hybridized carbons (Fsp3) is 0.308. The van der Waals surface area contributed by atoms with Crippen LogP contribution in [0.4, 0.5) is 0 Å². The van der Waals surface area contributed by atoms with Crippen LogP contribution in [0.1, 0.15) is 25.1 Å². The van der Waals surface area contributed by atoms with Gasteiger partial charge in [0.15, 0.2) is 0 Å². The number of morpholine rings is 1. The van der Waals surface area contributed by atoms with Crippen molar-refractivity contribution >= 4 is 5.65 Å². The average molecular weight is 469 g/mol. The third-order valence-corrected chi connectivity index (χ3v) is 6.25. The molecule has 5 aromatic heterocycles. The lowest BCUT2D eigenvalue weighted by Crippen LogP contribution is -2.44. The molecule has 1 fully saturated rings. The molecule has 2 atom stereocenters. The zero-order valence-electron chi connectivity index (χ0n) is 19.9. The van der Waals surface area contributed by atoms with E-state index in [2.05, 4.69) is 69.0 Å². The standard InChI is InChI=1S/C26H28N8O/c1-19-12-31(13-20(2)35-19)14-21-5-6-26-28-23(16-33(26)15-21)17-34-18-25(29-30-34)22-9-24(11-27-10-22)32-7-3-4-8-32/h3-11,15-16,18-20H,12-14,17H2,1-2H3/t19-,20+. The number of ether oxygens (including phenoxy) is 1. The second-order valence-corrected chi connectivity index (χ2v) is 9.31. The van der Waals surface area contributed by atoms with Gasteiger partial charge in [-0.1, -0.05) is 11.3 Å². The van der Waals surface area contributed by atoms with Gasteiger partial charge in [0.1, 0.15) is 11.3 Å². The van der Waals surface area contributed by atoms with Crippen molar-refractivity contribution in [2.45, 2.75) is 39.1 Å². The van der Waals surface area contributed by atoms with Crippen LogP contribution in [-0.2, 0) is 17.8 Å². The minimum absolute atomic E-state index is 0.266. The Morgan fingerprint density at radius 1 is 0.971 bits per heavy atom. The van der Waals surface area contributed by atoms with Crippen molar-refractivity contribution in [1.29, 1.82) is 0 Å². The Kier molecular flexibility index (Phi) is 5.63. The lowest BCUT2D eigenvalue weighted by molar-refractivity contribution is -0.0705. The van der Waals surface area contributed by atoms with Crippen molar-refractivity contribution in [3.63, 3.8) is 0 Å². The van der Waals surface area contributed by atoms with Gasteiger partial charge >= 0.3 is 0 Å². The van der Waals surface area contributed by atoms with Crippen LogP contribution in [0.25, 0.3) is 22.6 Å². The van der Waals surface area contributed by atoms with Gasteiger partial charge in [-0.15, -0.1) is 5.10 Å². The highest BCUT2D eigenvalue weighted by atomic mass is 16.5. The largest absolute Gasteiger partial charge is 0.373 e. The maximum Gasteiger partial charge on any atom is 0.137 e. The number of fused-ring (bicyclic) bond motifs is 1. The molecule has 6 rings (SSSR count). The fourth-order valence-corrected chi connectivity index (χ4v) is 4.82. The van der Waals surface area contributed by atoms with E-state index in [-0.39, 0.29) is 12.2 Å². The first-order valence-corrected chi connectivity index (χ1v) is 11.9. The molecule has 9 nitrogen and oxygen atoms in total. The van der Waals surface area contributed by atoms with E-state index in [1.54, 1.807) is 0 Å². The highest BCUT2D eigenvalue weighted by molar-refractivity contribution is 5.59. The summed E-state index contributed by atoms with van der Waals surface area (Å²) in [5.41, 5.74) is 5.82. The summed E-state index contributed by atoms with van der Waals surface area (Å²) in [5.74, 6) is 0. The molecule has 6 heterocycles. The van der Waals surface area contributed by atoms with Crippen LogP contribution in [-0.4, -0.2) is 64.1 Å². The Morgan fingerprint density at radius 2 is 1.80 bits per heavy atom. The minimum Gasteiger partial charge on any atom is -0.373 e. The first-order valence-electron chi connectivity index (χ1n) is 11.9. The monoisotopic (exact) mass is 468 g/mol. The van der Waals surface area contributed by atoms with Gasteiger partial charge in [0.25, 0.3) is 0 Å². The normalized spacial score (nSPS) is 18.9. The molecule has 0 saturated carbocycles. The minimum atomic E-state index is 0.266. The predicted octanol–water partition coefficient (Wildman–Crippen LogP) is 3.44. The smallest absolute Gasteiger partial charge is 0.137 e. The van der Waals surface area contributed by atoms with Crippen molar-refractivity contribution in [3.05, 3.63) is 85.0 Å². The molecule has 35 heavy (non-hydrogen) atoms. The molecule has 0 aromatic carbocycles. The van der Waals surface area contributed by atoms with Crippen LogP contribution in [0, 0.1) is 0 Å². The molecule has 0 bridgehead atoms. The summed E-state index contributed by atoms with van der Waals surface area (Å²) in [6.45, 7) is 7.64. The van der Waals surface area contributed by atoms with Gasteiger partial charge in [-0.2, -0.15) is 0 Å². The summed E-state index contributed by atoms with van der Waals surface area (Å²) < 4.78 is 11.8. The number of hydrogen-bond acceptors (Lipinski definition) is 6. The Morgan fingerprint density at radius 3 is 2.63 bits per heavy atom. The molecule has 1 saturated heterocycles. The maximum absolute atomic E-state index is 5.86. The molecule has 1 aliphatic heterocycles. The van der Waals surface area contributed by atoms with E-state index in [1.807, 2.05) is 52.4 Å². The third kappa shape index (κ3) is 4.73. The van der Waals surface area contributed by atoms with Gasteiger partial charge in [0.05, 0.1) is 42.5 Å². The Bertz CT molecular complexity index is 1430. The van der Waals surface area contributed by atoms with Crippen LogP contribution >= 0.6 is 0 Å². The van der Waals surface area contributed by atoms with Crippen LogP contribution in [0.5, 0.6) is 0 Å². The SMILES string of the molecule is C[C@@H]1CN(Cc2ccc3nc(Cn4cc(-c5cncc(-n6cccc6)c5)nn4)cn3c2)C[C@H](C)O1. The summed E-state index contributed by atoms with van der Waals surface area (Å²) >= 11 is 0. The van der Waals surface area contributed by atoms with E-state index in [1.165, 1.54) is 5.56 Å². The summed E-state index contributed by atoms with van der Waals surface area (Å²) in [4.78, 5) is 11.6. The van der Waals surface area contributed by atoms with Gasteiger partial charge in [-0.25, -0.2) is 9.67 Å². The second-order valence-electron chi connectivity index (χ2n) is 9.31. The van der Waals surface area contributed by atoms with Gasteiger partial charge in [-0.05, 0) is 43.7 Å². The Balaban J connectivity index is 1.17. The third-order valence-electron chi connectivity index (χ3n) is 6.25. The van der Waals surface area contributed by atoms with Crippen molar-refractivity contribution in [2.24, 2.45) is 0 Å². The molecule has 0 radical (unpaired) electrons. The lowest BCUT2D eigenvalue weighted by Gasteiger charge is -2.35. The number of imidazole rings is 1. The number of aromatic nitrogens is 7. The van der Waals surface area contributed by atoms with E-state index >= 15 is 0 Å². The molecule has 0 spiro atoms. The van der Waals surface area contributed by atoms with Crippen molar-refractivity contribution < 1.29 is 4.74 Å². The van der Waals surface area contributed by atoms with E-state index in [0.717, 1.165) is 47.9 Å². The Hall–Kier alpha value is -3.82. The molecule has 178 valence electrons. The summed E-state index contributed by atoms with van der Waals surface area (Å²) in [6.07, 6.45) is 14.3. The van der Waals surface area contributed by atoms with Crippen LogP contribution in [0.15, 0.2) is 73.7 Å². The number of pyridine rings is 2. The van der Waals surface area contributed by atoms with Crippen LogP contribution < -0.4 is 0 Å². The van der Waals surface area contributed by atoms with Gasteiger partial charge in [0, 0.05) is 56.2 Å². The lowest BCUT2D eigenvalue weighted by atomic mass is 10.2. The maximum atomic E-state index is 5.86. The van der Waals surface area contributed by atoms with Crippen molar-refractivity contribution in [3.8, 4) is 16.9 Å². The number of hydrogen-bond donors (Lipinski definition) is 0. The van der Waals surface area contributed by atoms with E-state index < -0.39 is 0 Å². The topological polar surface area (TPSA) is 78.3 Å². The predicted molar refractivity (Wildman–Crippen MR) is 132 cm³/mol. The zero-order chi connectivity index (χ0) is 23.8. The first-order chi connectivity index (χ1) is 17.1. The summed E-state index contributed by atoms with van der Waals surface area (Å²) in [6, 6.07) is 10.3. The van der Waals surface area contributed by atoms with Crippen LogP contribution in [0.2, 0.25) is 0 Å². The Labute approximate surface area is 203 Å².